The zero-order valence-corrected chi connectivity index (χ0v) is 16.4. The molecule has 0 bridgehead atoms. The Hall–Kier alpha value is -1.34. The summed E-state index contributed by atoms with van der Waals surface area (Å²) in [4.78, 5) is 18.0. The van der Waals surface area contributed by atoms with E-state index in [1.54, 1.807) is 0 Å². The van der Waals surface area contributed by atoms with Crippen LogP contribution < -0.4 is 5.32 Å². The number of hydrogen-bond donors (Lipinski definition) is 1. The van der Waals surface area contributed by atoms with Crippen LogP contribution in [0.2, 0.25) is 0 Å². The molecule has 1 N–H and O–H groups in total. The van der Waals surface area contributed by atoms with Crippen molar-refractivity contribution in [3.05, 3.63) is 21.5 Å². The highest BCUT2D eigenvalue weighted by Gasteiger charge is 2.38. The van der Waals surface area contributed by atoms with Crippen LogP contribution in [0.3, 0.4) is 0 Å². The van der Waals surface area contributed by atoms with Crippen molar-refractivity contribution in [1.29, 1.82) is 0 Å². The Bertz CT molecular complexity index is 822. The number of anilines is 1. The van der Waals surface area contributed by atoms with Crippen LogP contribution in [0.5, 0.6) is 0 Å². The summed E-state index contributed by atoms with van der Waals surface area (Å²) in [6, 6.07) is 0. The standard InChI is InChI=1S/C19H22F2N2OS2/c1-11-10-25-17(22-11)15-13-7-8-19(20,21)9-14(13)26-18(15)23-16(24)12-5-3-2-4-6-12/h10,12H,2-9H2,1H3,(H,23,24). The minimum absolute atomic E-state index is 0.0320. The first-order chi connectivity index (χ1) is 12.4. The number of carbonyl (C=O) groups is 1. The maximum Gasteiger partial charge on any atom is 0.253 e. The van der Waals surface area contributed by atoms with Crippen molar-refractivity contribution in [2.24, 2.45) is 5.92 Å². The predicted molar refractivity (Wildman–Crippen MR) is 102 cm³/mol. The molecule has 0 saturated heterocycles. The van der Waals surface area contributed by atoms with Crippen LogP contribution >= 0.6 is 22.7 Å². The number of aromatic nitrogens is 1. The fraction of sp³-hybridized carbons (Fsp3) is 0.579. The van der Waals surface area contributed by atoms with Gasteiger partial charge in [-0.25, -0.2) is 13.8 Å². The van der Waals surface area contributed by atoms with Crippen molar-refractivity contribution in [2.75, 3.05) is 5.32 Å². The highest BCUT2D eigenvalue weighted by atomic mass is 32.1. The van der Waals surface area contributed by atoms with Crippen LogP contribution in [-0.2, 0) is 17.6 Å². The van der Waals surface area contributed by atoms with Crippen molar-refractivity contribution >= 4 is 33.6 Å². The smallest absolute Gasteiger partial charge is 0.253 e. The molecular formula is C19H22F2N2OS2. The number of thiazole rings is 1. The Labute approximate surface area is 159 Å². The van der Waals surface area contributed by atoms with Crippen LogP contribution in [0.15, 0.2) is 5.38 Å². The van der Waals surface area contributed by atoms with E-state index in [1.807, 2.05) is 12.3 Å². The van der Waals surface area contributed by atoms with Gasteiger partial charge in [0.1, 0.15) is 10.0 Å². The normalized spacial score (nSPS) is 20.0. The van der Waals surface area contributed by atoms with E-state index in [0.29, 0.717) is 16.3 Å². The van der Waals surface area contributed by atoms with E-state index in [4.69, 9.17) is 0 Å². The molecule has 3 nitrogen and oxygen atoms in total. The molecule has 140 valence electrons. The van der Waals surface area contributed by atoms with E-state index >= 15 is 0 Å². The van der Waals surface area contributed by atoms with Gasteiger partial charge in [-0.1, -0.05) is 19.3 Å². The van der Waals surface area contributed by atoms with Gasteiger partial charge in [0.25, 0.3) is 5.92 Å². The molecule has 0 aromatic carbocycles. The number of fused-ring (bicyclic) bond motifs is 1. The molecule has 1 saturated carbocycles. The number of nitrogens with one attached hydrogen (secondary N) is 1. The molecule has 0 atom stereocenters. The number of aryl methyl sites for hydroxylation is 1. The summed E-state index contributed by atoms with van der Waals surface area (Å²) < 4.78 is 27.8. The summed E-state index contributed by atoms with van der Waals surface area (Å²) in [6.45, 7) is 1.92. The highest BCUT2D eigenvalue weighted by Crippen LogP contribution is 2.48. The number of halogens is 2. The lowest BCUT2D eigenvalue weighted by Crippen LogP contribution is -2.25. The Morgan fingerprint density at radius 3 is 2.77 bits per heavy atom. The van der Waals surface area contributed by atoms with Crippen LogP contribution in [-0.4, -0.2) is 16.8 Å². The lowest BCUT2D eigenvalue weighted by atomic mass is 9.88. The molecule has 0 radical (unpaired) electrons. The van der Waals surface area contributed by atoms with Gasteiger partial charge in [-0.05, 0) is 31.7 Å². The summed E-state index contributed by atoms with van der Waals surface area (Å²) in [5, 5.41) is 6.57. The van der Waals surface area contributed by atoms with Gasteiger partial charge in [0.05, 0.1) is 0 Å². The molecule has 0 spiro atoms. The molecule has 0 unspecified atom stereocenters. The van der Waals surface area contributed by atoms with Crippen molar-refractivity contribution in [1.82, 2.24) is 4.98 Å². The summed E-state index contributed by atoms with van der Waals surface area (Å²) in [5.74, 6) is -2.58. The molecule has 0 aliphatic heterocycles. The molecule has 2 heterocycles. The van der Waals surface area contributed by atoms with Crippen LogP contribution in [0.4, 0.5) is 13.8 Å². The third-order valence-electron chi connectivity index (χ3n) is 5.30. The summed E-state index contributed by atoms with van der Waals surface area (Å²) in [7, 11) is 0. The third kappa shape index (κ3) is 3.56. The van der Waals surface area contributed by atoms with Crippen molar-refractivity contribution in [2.45, 2.75) is 64.2 Å². The molecule has 2 aromatic heterocycles. The second-order valence-electron chi connectivity index (χ2n) is 7.36. The Morgan fingerprint density at radius 1 is 1.31 bits per heavy atom. The molecule has 4 rings (SSSR count). The highest BCUT2D eigenvalue weighted by molar-refractivity contribution is 7.18. The number of thiophene rings is 1. The quantitative estimate of drug-likeness (QED) is 0.710. The first kappa shape index (κ1) is 18.0. The lowest BCUT2D eigenvalue weighted by Gasteiger charge is -2.22. The molecule has 1 fully saturated rings. The SMILES string of the molecule is Cc1csc(-c2c(NC(=O)C3CCCCC3)sc3c2CCC(F)(F)C3)n1. The third-order valence-corrected chi connectivity index (χ3v) is 7.42. The van der Waals surface area contributed by atoms with E-state index in [1.165, 1.54) is 29.1 Å². The van der Waals surface area contributed by atoms with Crippen molar-refractivity contribution in [3.63, 3.8) is 0 Å². The van der Waals surface area contributed by atoms with E-state index < -0.39 is 5.92 Å². The van der Waals surface area contributed by atoms with Gasteiger partial charge in [-0.3, -0.25) is 4.79 Å². The lowest BCUT2D eigenvalue weighted by molar-refractivity contribution is -0.120. The maximum absolute atomic E-state index is 13.9. The fourth-order valence-corrected chi connectivity index (χ4v) is 6.18. The van der Waals surface area contributed by atoms with Gasteiger partial charge in [0.2, 0.25) is 5.91 Å². The summed E-state index contributed by atoms with van der Waals surface area (Å²) in [5.41, 5.74) is 2.74. The average molecular weight is 397 g/mol. The largest absolute Gasteiger partial charge is 0.317 e. The summed E-state index contributed by atoms with van der Waals surface area (Å²) in [6.07, 6.45) is 5.17. The minimum atomic E-state index is -2.65. The van der Waals surface area contributed by atoms with Gasteiger partial charge in [0, 0.05) is 40.3 Å². The van der Waals surface area contributed by atoms with Crippen molar-refractivity contribution in [3.8, 4) is 10.6 Å². The van der Waals surface area contributed by atoms with E-state index in [0.717, 1.165) is 47.5 Å². The van der Waals surface area contributed by atoms with E-state index in [9.17, 15) is 13.6 Å². The molecule has 2 aliphatic carbocycles. The van der Waals surface area contributed by atoms with Crippen molar-refractivity contribution < 1.29 is 13.6 Å². The number of alkyl halides is 2. The number of carbonyl (C=O) groups excluding carboxylic acids is 1. The minimum Gasteiger partial charge on any atom is -0.317 e. The zero-order valence-electron chi connectivity index (χ0n) is 14.7. The molecule has 26 heavy (non-hydrogen) atoms. The van der Waals surface area contributed by atoms with Crippen LogP contribution in [0.1, 0.15) is 54.7 Å². The first-order valence-corrected chi connectivity index (χ1v) is 10.9. The van der Waals surface area contributed by atoms with Gasteiger partial charge < -0.3 is 5.32 Å². The van der Waals surface area contributed by atoms with Crippen LogP contribution in [0, 0.1) is 12.8 Å². The Morgan fingerprint density at radius 2 is 2.08 bits per heavy atom. The summed E-state index contributed by atoms with van der Waals surface area (Å²) >= 11 is 2.83. The average Bonchev–Trinajstić information content (AvgIpc) is 3.17. The molecule has 2 aliphatic rings. The predicted octanol–water partition coefficient (Wildman–Crippen LogP) is 5.82. The maximum atomic E-state index is 13.9. The molecular weight excluding hydrogens is 374 g/mol. The molecule has 7 heteroatoms. The second-order valence-corrected chi connectivity index (χ2v) is 9.32. The first-order valence-electron chi connectivity index (χ1n) is 9.19. The van der Waals surface area contributed by atoms with E-state index in [-0.39, 0.29) is 24.7 Å². The number of hydrogen-bond acceptors (Lipinski definition) is 4. The van der Waals surface area contributed by atoms with Gasteiger partial charge in [-0.15, -0.1) is 22.7 Å². The van der Waals surface area contributed by atoms with Gasteiger partial charge in [0.15, 0.2) is 0 Å². The number of amides is 1. The second kappa shape index (κ2) is 7.00. The van der Waals surface area contributed by atoms with Crippen LogP contribution in [0.25, 0.3) is 10.6 Å². The molecule has 1 amide bonds. The number of rotatable bonds is 3. The Balaban J connectivity index is 1.69. The van der Waals surface area contributed by atoms with Gasteiger partial charge in [-0.2, -0.15) is 0 Å². The fourth-order valence-electron chi connectivity index (χ4n) is 3.91. The molecule has 2 aromatic rings. The monoisotopic (exact) mass is 396 g/mol. The van der Waals surface area contributed by atoms with E-state index in [2.05, 4.69) is 10.3 Å². The van der Waals surface area contributed by atoms with Gasteiger partial charge >= 0.3 is 0 Å². The zero-order chi connectivity index (χ0) is 18.3. The Kier molecular flexibility index (Phi) is 4.86. The number of nitrogens with zero attached hydrogens (tertiary/aromatic N) is 1. The topological polar surface area (TPSA) is 42.0 Å².